The molecule has 29 heavy (non-hydrogen) atoms. The van der Waals surface area contributed by atoms with E-state index in [0.29, 0.717) is 0 Å². The van der Waals surface area contributed by atoms with E-state index in [2.05, 4.69) is 0 Å². The molecule has 2 aromatic rings. The molecule has 0 saturated heterocycles. The number of ether oxygens (including phenoxy) is 2. The van der Waals surface area contributed by atoms with Gasteiger partial charge in [-0.05, 0) is 50.2 Å². The standard InChI is InChI=1S/C20H22FNO6S/c1-13(2)22(3)29(25,26)16-7-5-6-15(10-16)20(24)28-12-18(23)14-8-9-19(27-4)17(21)11-14/h5-11,13H,12H2,1-4H3. The van der Waals surface area contributed by atoms with Gasteiger partial charge >= 0.3 is 5.97 Å². The minimum Gasteiger partial charge on any atom is -0.494 e. The molecule has 7 nitrogen and oxygen atoms in total. The number of ketones is 1. The fraction of sp³-hybridized carbons (Fsp3) is 0.300. The fourth-order valence-corrected chi connectivity index (χ4v) is 3.78. The molecule has 0 aliphatic rings. The molecule has 0 radical (unpaired) electrons. The van der Waals surface area contributed by atoms with Crippen LogP contribution in [0, 0.1) is 5.82 Å². The summed E-state index contributed by atoms with van der Waals surface area (Å²) in [6.07, 6.45) is 0. The van der Waals surface area contributed by atoms with Gasteiger partial charge in [-0.25, -0.2) is 17.6 Å². The third-order valence-corrected chi connectivity index (χ3v) is 6.31. The highest BCUT2D eigenvalue weighted by molar-refractivity contribution is 7.89. The summed E-state index contributed by atoms with van der Waals surface area (Å²) in [6, 6.07) is 8.73. The highest BCUT2D eigenvalue weighted by Crippen LogP contribution is 2.20. The number of benzene rings is 2. The average molecular weight is 423 g/mol. The number of hydrogen-bond donors (Lipinski definition) is 0. The lowest BCUT2D eigenvalue weighted by atomic mass is 10.1. The van der Waals surface area contributed by atoms with Crippen molar-refractivity contribution in [1.29, 1.82) is 0 Å². The highest BCUT2D eigenvalue weighted by Gasteiger charge is 2.24. The van der Waals surface area contributed by atoms with Crippen LogP contribution in [0.5, 0.6) is 5.75 Å². The summed E-state index contributed by atoms with van der Waals surface area (Å²) in [5, 5.41) is 0. The predicted molar refractivity (Wildman–Crippen MR) is 104 cm³/mol. The van der Waals surface area contributed by atoms with Crippen LogP contribution in [0.4, 0.5) is 4.39 Å². The maximum atomic E-state index is 13.7. The van der Waals surface area contributed by atoms with Gasteiger partial charge in [-0.3, -0.25) is 4.79 Å². The number of Topliss-reactive ketones (excluding diaryl/α,β-unsaturated/α-hetero) is 1. The van der Waals surface area contributed by atoms with Gasteiger partial charge in [0, 0.05) is 18.7 Å². The Hall–Kier alpha value is -2.78. The van der Waals surface area contributed by atoms with Gasteiger partial charge in [0.25, 0.3) is 0 Å². The van der Waals surface area contributed by atoms with Crippen molar-refractivity contribution in [2.24, 2.45) is 0 Å². The van der Waals surface area contributed by atoms with Crippen molar-refractivity contribution in [3.63, 3.8) is 0 Å². The Morgan fingerprint density at radius 1 is 1.10 bits per heavy atom. The molecule has 0 saturated carbocycles. The van der Waals surface area contributed by atoms with E-state index in [1.807, 2.05) is 0 Å². The molecule has 156 valence electrons. The summed E-state index contributed by atoms with van der Waals surface area (Å²) in [7, 11) is -1.03. The van der Waals surface area contributed by atoms with Crippen molar-refractivity contribution in [3.05, 3.63) is 59.4 Å². The SMILES string of the molecule is COc1ccc(C(=O)COC(=O)c2cccc(S(=O)(=O)N(C)C(C)C)c2)cc1F. The molecule has 0 heterocycles. The maximum Gasteiger partial charge on any atom is 0.338 e. The minimum absolute atomic E-state index is 0.0112. The summed E-state index contributed by atoms with van der Waals surface area (Å²) in [5.74, 6) is -2.19. The van der Waals surface area contributed by atoms with Crippen LogP contribution in [0.25, 0.3) is 0 Å². The largest absolute Gasteiger partial charge is 0.494 e. The van der Waals surface area contributed by atoms with Gasteiger partial charge in [-0.2, -0.15) is 4.31 Å². The first-order chi connectivity index (χ1) is 13.6. The van der Waals surface area contributed by atoms with Crippen LogP contribution >= 0.6 is 0 Å². The number of methoxy groups -OCH3 is 1. The summed E-state index contributed by atoms with van der Waals surface area (Å²) in [6.45, 7) is 2.83. The number of carbonyl (C=O) groups excluding carboxylic acids is 2. The molecule has 0 atom stereocenters. The Morgan fingerprint density at radius 3 is 2.38 bits per heavy atom. The molecule has 9 heteroatoms. The third kappa shape index (κ3) is 5.18. The fourth-order valence-electron chi connectivity index (χ4n) is 2.36. The Bertz CT molecular complexity index is 1020. The number of rotatable bonds is 8. The first kappa shape index (κ1) is 22.5. The van der Waals surface area contributed by atoms with Crippen molar-refractivity contribution in [1.82, 2.24) is 4.31 Å². The maximum absolute atomic E-state index is 13.7. The first-order valence-electron chi connectivity index (χ1n) is 8.70. The molecule has 0 unspecified atom stereocenters. The Kier molecular flexibility index (Phi) is 7.10. The van der Waals surface area contributed by atoms with Crippen LogP contribution in [-0.4, -0.2) is 51.3 Å². The quantitative estimate of drug-likeness (QED) is 0.479. The number of carbonyl (C=O) groups is 2. The van der Waals surface area contributed by atoms with Gasteiger partial charge in [-0.1, -0.05) is 6.07 Å². The van der Waals surface area contributed by atoms with Crippen molar-refractivity contribution in [2.45, 2.75) is 24.8 Å². The number of halogens is 1. The van der Waals surface area contributed by atoms with Crippen LogP contribution in [0.15, 0.2) is 47.4 Å². The predicted octanol–water partition coefficient (Wildman–Crippen LogP) is 2.90. The molecule has 0 N–H and O–H groups in total. The smallest absolute Gasteiger partial charge is 0.338 e. The van der Waals surface area contributed by atoms with Gasteiger partial charge < -0.3 is 9.47 Å². The van der Waals surface area contributed by atoms with E-state index in [-0.39, 0.29) is 27.8 Å². The minimum atomic E-state index is -3.77. The van der Waals surface area contributed by atoms with Gasteiger partial charge in [0.15, 0.2) is 24.0 Å². The molecule has 0 aliphatic carbocycles. The zero-order valence-corrected chi connectivity index (χ0v) is 17.3. The molecule has 2 aromatic carbocycles. The monoisotopic (exact) mass is 423 g/mol. The van der Waals surface area contributed by atoms with Crippen molar-refractivity contribution in [2.75, 3.05) is 20.8 Å². The van der Waals surface area contributed by atoms with Gasteiger partial charge in [0.1, 0.15) is 0 Å². The average Bonchev–Trinajstić information content (AvgIpc) is 2.70. The van der Waals surface area contributed by atoms with E-state index in [1.165, 1.54) is 54.9 Å². The summed E-state index contributed by atoms with van der Waals surface area (Å²) >= 11 is 0. The molecule has 0 aromatic heterocycles. The Labute approximate surface area is 169 Å². The number of esters is 1. The molecule has 0 bridgehead atoms. The second-order valence-corrected chi connectivity index (χ2v) is 8.49. The van der Waals surface area contributed by atoms with E-state index >= 15 is 0 Å². The van der Waals surface area contributed by atoms with Gasteiger partial charge in [0.05, 0.1) is 17.6 Å². The van der Waals surface area contributed by atoms with Crippen molar-refractivity contribution < 1.29 is 31.9 Å². The molecule has 0 spiro atoms. The first-order valence-corrected chi connectivity index (χ1v) is 10.1. The Balaban J connectivity index is 2.12. The summed E-state index contributed by atoms with van der Waals surface area (Å²) in [5.41, 5.74) is 0.00271. The van der Waals surface area contributed by atoms with Crippen LogP contribution in [0.1, 0.15) is 34.6 Å². The number of nitrogens with zero attached hydrogens (tertiary/aromatic N) is 1. The van der Waals surface area contributed by atoms with Crippen molar-refractivity contribution >= 4 is 21.8 Å². The summed E-state index contributed by atoms with van der Waals surface area (Å²) in [4.78, 5) is 24.3. The van der Waals surface area contributed by atoms with Crippen molar-refractivity contribution in [3.8, 4) is 5.75 Å². The lowest BCUT2D eigenvalue weighted by Gasteiger charge is -2.21. The normalized spacial score (nSPS) is 11.6. The number of hydrogen-bond acceptors (Lipinski definition) is 6. The second-order valence-electron chi connectivity index (χ2n) is 6.49. The highest BCUT2D eigenvalue weighted by atomic mass is 32.2. The zero-order chi connectivity index (χ0) is 21.8. The lowest BCUT2D eigenvalue weighted by molar-refractivity contribution is 0.0474. The van der Waals surface area contributed by atoms with E-state index in [4.69, 9.17) is 9.47 Å². The van der Waals surface area contributed by atoms with E-state index in [9.17, 15) is 22.4 Å². The zero-order valence-electron chi connectivity index (χ0n) is 16.5. The second kappa shape index (κ2) is 9.15. The van der Waals surface area contributed by atoms with Crippen LogP contribution in [0.2, 0.25) is 0 Å². The topological polar surface area (TPSA) is 90.0 Å². The summed E-state index contributed by atoms with van der Waals surface area (Å²) < 4.78 is 49.7. The molecule has 0 fully saturated rings. The van der Waals surface area contributed by atoms with Crippen LogP contribution < -0.4 is 4.74 Å². The Morgan fingerprint density at radius 2 is 1.79 bits per heavy atom. The lowest BCUT2D eigenvalue weighted by Crippen LogP contribution is -2.33. The number of sulfonamides is 1. The van der Waals surface area contributed by atoms with Gasteiger partial charge in [-0.15, -0.1) is 0 Å². The van der Waals surface area contributed by atoms with Gasteiger partial charge in [0.2, 0.25) is 10.0 Å². The molecule has 0 amide bonds. The van der Waals surface area contributed by atoms with E-state index in [1.54, 1.807) is 13.8 Å². The van der Waals surface area contributed by atoms with Crippen LogP contribution in [-0.2, 0) is 14.8 Å². The molecular weight excluding hydrogens is 401 g/mol. The molecular formula is C20H22FNO6S. The molecule has 0 aliphatic heterocycles. The van der Waals surface area contributed by atoms with Crippen LogP contribution in [0.3, 0.4) is 0 Å². The molecule has 2 rings (SSSR count). The third-order valence-electron chi connectivity index (χ3n) is 4.28. The van der Waals surface area contributed by atoms with E-state index < -0.39 is 34.2 Å². The van der Waals surface area contributed by atoms with E-state index in [0.717, 1.165) is 6.07 Å².